The summed E-state index contributed by atoms with van der Waals surface area (Å²) in [5.74, 6) is -0.514. The van der Waals surface area contributed by atoms with Crippen molar-refractivity contribution < 1.29 is 4.79 Å². The first-order chi connectivity index (χ1) is 14.7. The minimum Gasteiger partial charge on any atom is -0.362 e. The summed E-state index contributed by atoms with van der Waals surface area (Å²) >= 11 is 12.6. The van der Waals surface area contributed by atoms with E-state index in [0.717, 1.165) is 29.8 Å². The summed E-state index contributed by atoms with van der Waals surface area (Å²) in [4.78, 5) is 15.0. The molecule has 6 heteroatoms. The second-order valence-corrected chi connectivity index (χ2v) is 9.00. The molecule has 1 aliphatic heterocycles. The lowest BCUT2D eigenvalue weighted by Crippen LogP contribution is -2.45. The average Bonchev–Trinajstić information content (AvgIpc) is 2.69. The molecule has 3 rings (SSSR count). The van der Waals surface area contributed by atoms with E-state index in [1.807, 2.05) is 18.2 Å². The lowest BCUT2D eigenvalue weighted by molar-refractivity contribution is -0.112. The van der Waals surface area contributed by atoms with E-state index in [4.69, 9.17) is 23.2 Å². The number of nitrogens with zero attached hydrogens (tertiary/aromatic N) is 2. The van der Waals surface area contributed by atoms with Crippen LogP contribution in [0.4, 0.5) is 11.4 Å². The predicted octanol–water partition coefficient (Wildman–Crippen LogP) is 6.95. The van der Waals surface area contributed by atoms with Crippen LogP contribution in [0, 0.1) is 11.3 Å². The monoisotopic (exact) mass is 453 g/mol. The van der Waals surface area contributed by atoms with Crippen molar-refractivity contribution in [1.82, 2.24) is 0 Å². The van der Waals surface area contributed by atoms with E-state index < -0.39 is 5.91 Å². The fourth-order valence-electron chi connectivity index (χ4n) is 3.93. The summed E-state index contributed by atoms with van der Waals surface area (Å²) in [5.41, 5.74) is 4.24. The molecule has 1 aliphatic rings. The maximum Gasteiger partial charge on any atom is 0.266 e. The zero-order chi connectivity index (χ0) is 22.8. The van der Waals surface area contributed by atoms with E-state index in [1.165, 1.54) is 6.08 Å². The van der Waals surface area contributed by atoms with Crippen molar-refractivity contribution >= 4 is 52.1 Å². The van der Waals surface area contributed by atoms with E-state index >= 15 is 0 Å². The van der Waals surface area contributed by atoms with Crippen LogP contribution in [0.15, 0.2) is 48.0 Å². The molecule has 0 saturated carbocycles. The van der Waals surface area contributed by atoms with Gasteiger partial charge in [0.05, 0.1) is 5.54 Å². The van der Waals surface area contributed by atoms with Crippen LogP contribution >= 0.6 is 23.2 Å². The number of halogens is 2. The highest BCUT2D eigenvalue weighted by Crippen LogP contribution is 2.41. The van der Waals surface area contributed by atoms with Gasteiger partial charge in [-0.1, -0.05) is 42.3 Å². The summed E-state index contributed by atoms with van der Waals surface area (Å²) in [7, 11) is 0. The topological polar surface area (TPSA) is 56.1 Å². The molecular formula is C25H25Cl2N3O. The SMILES string of the molecule is CCCN1c2cc(Cl)c(/C=C(\C#N)C(=O)Nc3cccc(Cl)c3)cc2C(C)=CC1(C)C. The smallest absolute Gasteiger partial charge is 0.266 e. The van der Waals surface area contributed by atoms with Crippen LogP contribution in [0.1, 0.15) is 45.2 Å². The van der Waals surface area contributed by atoms with Crippen LogP contribution < -0.4 is 10.2 Å². The van der Waals surface area contributed by atoms with E-state index in [-0.39, 0.29) is 11.1 Å². The Balaban J connectivity index is 1.99. The molecule has 4 nitrogen and oxygen atoms in total. The third-order valence-corrected chi connectivity index (χ3v) is 5.85. The van der Waals surface area contributed by atoms with E-state index in [1.54, 1.807) is 24.3 Å². The third kappa shape index (κ3) is 4.95. The zero-order valence-corrected chi connectivity index (χ0v) is 19.6. The first kappa shape index (κ1) is 22.9. The summed E-state index contributed by atoms with van der Waals surface area (Å²) in [5, 5.41) is 13.3. The van der Waals surface area contributed by atoms with Gasteiger partial charge in [0.15, 0.2) is 0 Å². The van der Waals surface area contributed by atoms with Crippen LogP contribution in [-0.4, -0.2) is 18.0 Å². The Morgan fingerprint density at radius 1 is 1.26 bits per heavy atom. The first-order valence-corrected chi connectivity index (χ1v) is 10.9. The number of hydrogen-bond donors (Lipinski definition) is 1. The lowest BCUT2D eigenvalue weighted by Gasteiger charge is -2.43. The fourth-order valence-corrected chi connectivity index (χ4v) is 4.33. The number of rotatable bonds is 5. The van der Waals surface area contributed by atoms with Crippen LogP contribution in [0.3, 0.4) is 0 Å². The molecule has 0 fully saturated rings. The molecule has 2 aromatic rings. The number of fused-ring (bicyclic) bond motifs is 1. The summed E-state index contributed by atoms with van der Waals surface area (Å²) in [6, 6.07) is 12.6. The van der Waals surface area contributed by atoms with Gasteiger partial charge in [-0.15, -0.1) is 0 Å². The molecular weight excluding hydrogens is 429 g/mol. The van der Waals surface area contributed by atoms with Crippen LogP contribution in [-0.2, 0) is 4.79 Å². The first-order valence-electron chi connectivity index (χ1n) is 10.2. The molecule has 0 spiro atoms. The molecule has 160 valence electrons. The molecule has 1 heterocycles. The maximum atomic E-state index is 12.6. The van der Waals surface area contributed by atoms with Gasteiger partial charge in [0, 0.05) is 33.5 Å². The number of carbonyl (C=O) groups excluding carboxylic acids is 1. The Morgan fingerprint density at radius 3 is 2.65 bits per heavy atom. The molecule has 2 aromatic carbocycles. The summed E-state index contributed by atoms with van der Waals surface area (Å²) in [6.07, 6.45) is 4.78. The average molecular weight is 454 g/mol. The summed E-state index contributed by atoms with van der Waals surface area (Å²) < 4.78 is 0. The molecule has 0 aromatic heterocycles. The van der Waals surface area contributed by atoms with Gasteiger partial charge in [0.2, 0.25) is 0 Å². The van der Waals surface area contributed by atoms with Crippen LogP contribution in [0.25, 0.3) is 11.6 Å². The molecule has 0 aliphatic carbocycles. The quantitative estimate of drug-likeness (QED) is 0.393. The van der Waals surface area contributed by atoms with Gasteiger partial charge in [-0.25, -0.2) is 0 Å². The van der Waals surface area contributed by atoms with Gasteiger partial charge in [-0.2, -0.15) is 5.26 Å². The van der Waals surface area contributed by atoms with E-state index in [0.29, 0.717) is 21.3 Å². The number of allylic oxidation sites excluding steroid dienone is 1. The number of amides is 1. The lowest BCUT2D eigenvalue weighted by atomic mass is 9.87. The Morgan fingerprint density at radius 2 is 2.00 bits per heavy atom. The Bertz CT molecular complexity index is 1130. The van der Waals surface area contributed by atoms with E-state index in [9.17, 15) is 10.1 Å². The van der Waals surface area contributed by atoms with Gasteiger partial charge in [0.25, 0.3) is 5.91 Å². The predicted molar refractivity (Wildman–Crippen MR) is 130 cm³/mol. The van der Waals surface area contributed by atoms with Crippen molar-refractivity contribution in [3.8, 4) is 6.07 Å². The normalized spacial score (nSPS) is 15.1. The molecule has 0 saturated heterocycles. The second-order valence-electron chi connectivity index (χ2n) is 8.16. The Labute approximate surface area is 193 Å². The van der Waals surface area contributed by atoms with Gasteiger partial charge < -0.3 is 10.2 Å². The van der Waals surface area contributed by atoms with Gasteiger partial charge in [0.1, 0.15) is 11.6 Å². The highest BCUT2D eigenvalue weighted by atomic mass is 35.5. The van der Waals surface area contributed by atoms with Crippen LogP contribution in [0.5, 0.6) is 0 Å². The number of nitriles is 1. The largest absolute Gasteiger partial charge is 0.362 e. The molecule has 1 N–H and O–H groups in total. The molecule has 0 unspecified atom stereocenters. The third-order valence-electron chi connectivity index (χ3n) is 5.29. The van der Waals surface area contributed by atoms with Crippen molar-refractivity contribution in [2.45, 2.75) is 39.7 Å². The van der Waals surface area contributed by atoms with Crippen molar-refractivity contribution in [2.75, 3.05) is 16.8 Å². The van der Waals surface area contributed by atoms with Gasteiger partial charge in [-0.3, -0.25) is 4.79 Å². The highest BCUT2D eigenvalue weighted by molar-refractivity contribution is 6.33. The molecule has 31 heavy (non-hydrogen) atoms. The molecule has 0 atom stereocenters. The molecule has 0 bridgehead atoms. The van der Waals surface area contributed by atoms with Gasteiger partial charge in [-0.05, 0) is 74.7 Å². The van der Waals surface area contributed by atoms with Crippen LogP contribution in [0.2, 0.25) is 10.0 Å². The number of benzene rings is 2. The standard InChI is InChI=1S/C25H25Cl2N3O/c1-5-9-30-23-13-22(27)17(11-21(23)16(2)14-25(30,3)4)10-18(15-28)24(31)29-20-8-6-7-19(26)12-20/h6-8,10-14H,5,9H2,1-4H3,(H,29,31)/b18-10+. The number of nitrogens with one attached hydrogen (secondary N) is 1. The molecule has 1 amide bonds. The van der Waals surface area contributed by atoms with Crippen molar-refractivity contribution in [2.24, 2.45) is 0 Å². The Kier molecular flexibility index (Phi) is 6.79. The number of hydrogen-bond acceptors (Lipinski definition) is 3. The molecule has 0 radical (unpaired) electrons. The maximum absolute atomic E-state index is 12.6. The van der Waals surface area contributed by atoms with E-state index in [2.05, 4.69) is 44.0 Å². The fraction of sp³-hybridized carbons (Fsp3) is 0.280. The minimum absolute atomic E-state index is 0.0370. The van der Waals surface area contributed by atoms with Crippen molar-refractivity contribution in [3.05, 3.63) is 69.2 Å². The van der Waals surface area contributed by atoms with Crippen molar-refractivity contribution in [1.29, 1.82) is 5.26 Å². The highest BCUT2D eigenvalue weighted by Gasteiger charge is 2.31. The summed E-state index contributed by atoms with van der Waals surface area (Å²) in [6.45, 7) is 9.50. The van der Waals surface area contributed by atoms with Gasteiger partial charge >= 0.3 is 0 Å². The Hall–Kier alpha value is -2.74. The number of anilines is 2. The van der Waals surface area contributed by atoms with Crippen molar-refractivity contribution in [3.63, 3.8) is 0 Å². The minimum atomic E-state index is -0.514. The number of carbonyl (C=O) groups is 1. The zero-order valence-electron chi connectivity index (χ0n) is 18.1. The second kappa shape index (κ2) is 9.18.